The maximum absolute atomic E-state index is 10.6. The Morgan fingerprint density at radius 1 is 1.17 bits per heavy atom. The molecule has 106 valence electrons. The van der Waals surface area contributed by atoms with Crippen LogP contribution in [-0.2, 0) is 4.74 Å². The quantitative estimate of drug-likeness (QED) is 0.811. The van der Waals surface area contributed by atoms with Crippen molar-refractivity contribution < 1.29 is 9.84 Å². The fraction of sp³-hybridized carbons (Fsp3) is 1.00. The van der Waals surface area contributed by atoms with E-state index in [1.807, 2.05) is 0 Å². The van der Waals surface area contributed by atoms with Crippen molar-refractivity contribution >= 4 is 0 Å². The highest BCUT2D eigenvalue weighted by Crippen LogP contribution is 2.33. The highest BCUT2D eigenvalue weighted by molar-refractivity contribution is 4.88. The molecule has 0 bridgehead atoms. The zero-order chi connectivity index (χ0) is 12.8. The molecule has 0 spiro atoms. The molecule has 0 radical (unpaired) electrons. The second-order valence-electron chi connectivity index (χ2n) is 6.20. The average molecular weight is 255 g/mol. The van der Waals surface area contributed by atoms with Crippen LogP contribution in [0.4, 0.5) is 0 Å². The molecule has 1 saturated heterocycles. The molecule has 0 aromatic rings. The molecule has 1 aliphatic carbocycles. The van der Waals surface area contributed by atoms with E-state index >= 15 is 0 Å². The fourth-order valence-electron chi connectivity index (χ4n) is 3.24. The van der Waals surface area contributed by atoms with Gasteiger partial charge in [-0.15, -0.1) is 0 Å². The molecule has 1 heterocycles. The normalized spacial score (nSPS) is 38.3. The van der Waals surface area contributed by atoms with Crippen LogP contribution in [0, 0.1) is 5.92 Å². The predicted octanol–water partition coefficient (Wildman–Crippen LogP) is 2.48. The molecule has 0 amide bonds. The predicted molar refractivity (Wildman–Crippen MR) is 73.7 cm³/mol. The van der Waals surface area contributed by atoms with Crippen LogP contribution in [0.1, 0.15) is 58.3 Å². The van der Waals surface area contributed by atoms with Gasteiger partial charge in [-0.3, -0.25) is 0 Å². The third-order valence-electron chi connectivity index (χ3n) is 4.78. The van der Waals surface area contributed by atoms with Gasteiger partial charge in [0.05, 0.1) is 5.60 Å². The summed E-state index contributed by atoms with van der Waals surface area (Å²) in [5, 5.41) is 14.2. The highest BCUT2D eigenvalue weighted by atomic mass is 16.5. The lowest BCUT2D eigenvalue weighted by Gasteiger charge is -2.37. The van der Waals surface area contributed by atoms with Crippen molar-refractivity contribution in [2.24, 2.45) is 5.92 Å². The highest BCUT2D eigenvalue weighted by Gasteiger charge is 2.32. The Labute approximate surface area is 111 Å². The first-order valence-electron chi connectivity index (χ1n) is 7.75. The lowest BCUT2D eigenvalue weighted by atomic mass is 9.77. The van der Waals surface area contributed by atoms with Gasteiger partial charge in [-0.05, 0) is 50.9 Å². The van der Waals surface area contributed by atoms with Crippen molar-refractivity contribution in [3.8, 4) is 0 Å². The van der Waals surface area contributed by atoms with Gasteiger partial charge in [0.15, 0.2) is 0 Å². The first-order valence-corrected chi connectivity index (χ1v) is 7.75. The van der Waals surface area contributed by atoms with E-state index in [2.05, 4.69) is 12.2 Å². The van der Waals surface area contributed by atoms with E-state index in [4.69, 9.17) is 4.74 Å². The van der Waals surface area contributed by atoms with Gasteiger partial charge in [-0.1, -0.05) is 13.3 Å². The number of hydrogen-bond donors (Lipinski definition) is 2. The molecule has 3 heteroatoms. The van der Waals surface area contributed by atoms with E-state index in [0.717, 1.165) is 51.4 Å². The summed E-state index contributed by atoms with van der Waals surface area (Å²) in [6.45, 7) is 4.81. The van der Waals surface area contributed by atoms with Crippen molar-refractivity contribution in [2.75, 3.05) is 19.8 Å². The van der Waals surface area contributed by atoms with Gasteiger partial charge in [0.25, 0.3) is 0 Å². The largest absolute Gasteiger partial charge is 0.389 e. The van der Waals surface area contributed by atoms with Crippen LogP contribution in [0.25, 0.3) is 0 Å². The maximum atomic E-state index is 10.6. The fourth-order valence-corrected chi connectivity index (χ4v) is 3.24. The molecule has 2 aliphatic rings. The smallest absolute Gasteiger partial charge is 0.0771 e. The number of hydrogen-bond acceptors (Lipinski definition) is 3. The minimum atomic E-state index is -0.446. The summed E-state index contributed by atoms with van der Waals surface area (Å²) in [6.07, 6.45) is 9.03. The van der Waals surface area contributed by atoms with Crippen LogP contribution in [0.3, 0.4) is 0 Å². The minimum Gasteiger partial charge on any atom is -0.389 e. The Balaban J connectivity index is 1.71. The Morgan fingerprint density at radius 3 is 2.67 bits per heavy atom. The van der Waals surface area contributed by atoms with E-state index in [-0.39, 0.29) is 0 Å². The van der Waals surface area contributed by atoms with Crippen LogP contribution in [0.2, 0.25) is 0 Å². The van der Waals surface area contributed by atoms with E-state index in [0.29, 0.717) is 6.04 Å². The summed E-state index contributed by atoms with van der Waals surface area (Å²) in [6, 6.07) is 0.542. The maximum Gasteiger partial charge on any atom is 0.0771 e. The zero-order valence-corrected chi connectivity index (χ0v) is 11.8. The summed E-state index contributed by atoms with van der Waals surface area (Å²) in [4.78, 5) is 0. The summed E-state index contributed by atoms with van der Waals surface area (Å²) >= 11 is 0. The molecule has 1 unspecified atom stereocenters. The molecular formula is C15H29NO2. The molecule has 0 aromatic carbocycles. The monoisotopic (exact) mass is 255 g/mol. The lowest BCUT2D eigenvalue weighted by molar-refractivity contribution is -0.0111. The van der Waals surface area contributed by atoms with Crippen molar-refractivity contribution in [3.63, 3.8) is 0 Å². The summed E-state index contributed by atoms with van der Waals surface area (Å²) < 4.78 is 5.47. The Bertz CT molecular complexity index is 229. The van der Waals surface area contributed by atoms with Gasteiger partial charge >= 0.3 is 0 Å². The third kappa shape index (κ3) is 4.22. The van der Waals surface area contributed by atoms with E-state index in [1.165, 1.54) is 25.7 Å². The summed E-state index contributed by atoms with van der Waals surface area (Å²) in [5.41, 5.74) is -0.446. The summed E-state index contributed by atoms with van der Waals surface area (Å²) in [5.74, 6) is 0.844. The van der Waals surface area contributed by atoms with Crippen LogP contribution in [-0.4, -0.2) is 36.5 Å². The van der Waals surface area contributed by atoms with Crippen LogP contribution in [0.15, 0.2) is 0 Å². The van der Waals surface area contributed by atoms with Gasteiger partial charge in [0.1, 0.15) is 0 Å². The Kier molecular flexibility index (Phi) is 5.46. The van der Waals surface area contributed by atoms with Gasteiger partial charge < -0.3 is 15.2 Å². The molecule has 1 aliphatic heterocycles. The number of ether oxygens (including phenoxy) is 1. The lowest BCUT2D eigenvalue weighted by Crippen LogP contribution is -2.46. The van der Waals surface area contributed by atoms with Crippen LogP contribution >= 0.6 is 0 Å². The standard InChI is InChI=1S/C15H29NO2/c1-2-13-5-8-15(17,9-6-13)12-16-14-4-3-10-18-11-7-14/h13-14,16-17H,2-12H2,1H3. The molecule has 2 N–H and O–H groups in total. The number of aliphatic hydroxyl groups is 1. The van der Waals surface area contributed by atoms with Gasteiger partial charge in [-0.2, -0.15) is 0 Å². The van der Waals surface area contributed by atoms with Gasteiger partial charge in [-0.25, -0.2) is 0 Å². The molecule has 18 heavy (non-hydrogen) atoms. The first-order chi connectivity index (χ1) is 8.72. The Morgan fingerprint density at radius 2 is 1.94 bits per heavy atom. The third-order valence-corrected chi connectivity index (χ3v) is 4.78. The van der Waals surface area contributed by atoms with Gasteiger partial charge in [0, 0.05) is 25.8 Å². The van der Waals surface area contributed by atoms with Crippen molar-refractivity contribution in [2.45, 2.75) is 69.9 Å². The number of rotatable bonds is 4. The number of nitrogens with one attached hydrogen (secondary N) is 1. The van der Waals surface area contributed by atoms with E-state index < -0.39 is 5.60 Å². The van der Waals surface area contributed by atoms with Crippen LogP contribution in [0.5, 0.6) is 0 Å². The topological polar surface area (TPSA) is 41.5 Å². The Hall–Kier alpha value is -0.120. The SMILES string of the molecule is CCC1CCC(O)(CNC2CCCOCC2)CC1. The molecule has 2 fully saturated rings. The second-order valence-corrected chi connectivity index (χ2v) is 6.20. The molecule has 1 atom stereocenters. The van der Waals surface area contributed by atoms with Crippen LogP contribution < -0.4 is 5.32 Å². The van der Waals surface area contributed by atoms with E-state index in [9.17, 15) is 5.11 Å². The molecule has 1 saturated carbocycles. The van der Waals surface area contributed by atoms with Gasteiger partial charge in [0.2, 0.25) is 0 Å². The molecule has 2 rings (SSSR count). The molecule has 0 aromatic heterocycles. The zero-order valence-electron chi connectivity index (χ0n) is 11.8. The average Bonchev–Trinajstić information content (AvgIpc) is 2.66. The molecule has 3 nitrogen and oxygen atoms in total. The second kappa shape index (κ2) is 6.88. The van der Waals surface area contributed by atoms with E-state index in [1.54, 1.807) is 0 Å². The van der Waals surface area contributed by atoms with Crippen molar-refractivity contribution in [1.82, 2.24) is 5.32 Å². The minimum absolute atomic E-state index is 0.446. The summed E-state index contributed by atoms with van der Waals surface area (Å²) in [7, 11) is 0. The van der Waals surface area contributed by atoms with Crippen molar-refractivity contribution in [3.05, 3.63) is 0 Å². The first kappa shape index (κ1) is 14.3. The van der Waals surface area contributed by atoms with Crippen molar-refractivity contribution in [1.29, 1.82) is 0 Å². The molecular weight excluding hydrogens is 226 g/mol.